The van der Waals surface area contributed by atoms with Gasteiger partial charge in [-0.1, -0.05) is 23.7 Å². The minimum Gasteiger partial charge on any atom is -0.449 e. The fourth-order valence-corrected chi connectivity index (χ4v) is 2.30. The fourth-order valence-electron chi connectivity index (χ4n) is 2.06. The molecule has 1 amide bonds. The molecule has 7 heteroatoms. The molecule has 0 heterocycles. The molecule has 0 radical (unpaired) electrons. The van der Waals surface area contributed by atoms with E-state index < -0.39 is 23.8 Å². The lowest BCUT2D eigenvalue weighted by Crippen LogP contribution is -2.37. The van der Waals surface area contributed by atoms with Gasteiger partial charge < -0.3 is 10.1 Å². The van der Waals surface area contributed by atoms with Gasteiger partial charge in [-0.25, -0.2) is 13.6 Å². The number of esters is 1. The summed E-state index contributed by atoms with van der Waals surface area (Å²) in [5.41, 5.74) is 0.846. The van der Waals surface area contributed by atoms with Crippen LogP contribution < -0.4 is 5.32 Å². The summed E-state index contributed by atoms with van der Waals surface area (Å²) in [6, 6.07) is 9.20. The van der Waals surface area contributed by atoms with Crippen molar-refractivity contribution >= 4 is 23.5 Å². The lowest BCUT2D eigenvalue weighted by molar-refractivity contribution is -0.129. The van der Waals surface area contributed by atoms with Gasteiger partial charge in [0.1, 0.15) is 11.6 Å². The monoisotopic (exact) mass is 367 g/mol. The van der Waals surface area contributed by atoms with E-state index in [1.807, 2.05) is 0 Å². The van der Waals surface area contributed by atoms with Crippen LogP contribution in [0.4, 0.5) is 8.78 Å². The van der Waals surface area contributed by atoms with Gasteiger partial charge >= 0.3 is 5.97 Å². The van der Waals surface area contributed by atoms with E-state index >= 15 is 0 Å². The zero-order valence-electron chi connectivity index (χ0n) is 13.4. The van der Waals surface area contributed by atoms with E-state index in [1.54, 1.807) is 12.1 Å². The summed E-state index contributed by atoms with van der Waals surface area (Å²) in [4.78, 5) is 23.9. The molecule has 1 N–H and O–H groups in total. The van der Waals surface area contributed by atoms with Gasteiger partial charge in [0.2, 0.25) is 0 Å². The normalized spacial score (nSPS) is 11.7. The predicted molar refractivity (Wildman–Crippen MR) is 89.4 cm³/mol. The van der Waals surface area contributed by atoms with Crippen LogP contribution >= 0.6 is 11.6 Å². The molecule has 2 rings (SSSR count). The fraction of sp³-hybridized carbons (Fsp3) is 0.222. The number of benzene rings is 2. The Morgan fingerprint density at radius 1 is 1.12 bits per heavy atom. The molecule has 0 bridgehead atoms. The number of nitrogens with one attached hydrogen (secondary N) is 1. The average Bonchev–Trinajstić information content (AvgIpc) is 2.56. The summed E-state index contributed by atoms with van der Waals surface area (Å²) in [5.74, 6) is -2.19. The Bertz CT molecular complexity index is 765. The predicted octanol–water partition coefficient (Wildman–Crippen LogP) is 3.52. The highest BCUT2D eigenvalue weighted by molar-refractivity contribution is 6.33. The van der Waals surface area contributed by atoms with E-state index in [2.05, 4.69) is 5.32 Å². The van der Waals surface area contributed by atoms with Crippen molar-refractivity contribution in [2.75, 3.05) is 6.54 Å². The Labute approximate surface area is 148 Å². The van der Waals surface area contributed by atoms with E-state index in [0.717, 1.165) is 17.7 Å². The van der Waals surface area contributed by atoms with Gasteiger partial charge in [-0.3, -0.25) is 4.79 Å². The van der Waals surface area contributed by atoms with Gasteiger partial charge in [0.05, 0.1) is 10.6 Å². The van der Waals surface area contributed by atoms with Crippen LogP contribution in [0.2, 0.25) is 5.02 Å². The van der Waals surface area contributed by atoms with E-state index in [0.29, 0.717) is 13.0 Å². The Balaban J connectivity index is 1.83. The van der Waals surface area contributed by atoms with Crippen molar-refractivity contribution in [3.8, 4) is 0 Å². The summed E-state index contributed by atoms with van der Waals surface area (Å²) in [5, 5.41) is 2.53. The summed E-state index contributed by atoms with van der Waals surface area (Å²) in [6.45, 7) is 1.73. The number of carbonyl (C=O) groups is 2. The van der Waals surface area contributed by atoms with Crippen LogP contribution in [0.15, 0.2) is 42.5 Å². The molecule has 25 heavy (non-hydrogen) atoms. The minimum atomic E-state index is -1.04. The number of carbonyl (C=O) groups excluding carboxylic acids is 2. The third-order valence-corrected chi connectivity index (χ3v) is 3.74. The van der Waals surface area contributed by atoms with E-state index in [4.69, 9.17) is 16.3 Å². The molecular formula is C18H16ClF2NO3. The van der Waals surface area contributed by atoms with Crippen LogP contribution in [-0.2, 0) is 16.0 Å². The molecule has 0 saturated heterocycles. The molecule has 0 unspecified atom stereocenters. The quantitative estimate of drug-likeness (QED) is 0.795. The number of halogens is 3. The largest absolute Gasteiger partial charge is 0.449 e. The third-order valence-electron chi connectivity index (χ3n) is 3.43. The maximum absolute atomic E-state index is 13.0. The van der Waals surface area contributed by atoms with Crippen LogP contribution in [0.5, 0.6) is 0 Å². The van der Waals surface area contributed by atoms with Crippen molar-refractivity contribution in [2.24, 2.45) is 0 Å². The number of hydrogen-bond donors (Lipinski definition) is 1. The van der Waals surface area contributed by atoms with Gasteiger partial charge in [-0.05, 0) is 49.2 Å². The molecule has 132 valence electrons. The average molecular weight is 368 g/mol. The Kier molecular flexibility index (Phi) is 6.47. The molecule has 0 spiro atoms. The van der Waals surface area contributed by atoms with Crippen molar-refractivity contribution in [2.45, 2.75) is 19.4 Å². The van der Waals surface area contributed by atoms with E-state index in [-0.39, 0.29) is 16.4 Å². The second-order valence-electron chi connectivity index (χ2n) is 5.34. The molecule has 2 aromatic rings. The van der Waals surface area contributed by atoms with Crippen molar-refractivity contribution in [1.82, 2.24) is 5.32 Å². The molecule has 0 aliphatic heterocycles. The highest BCUT2D eigenvalue weighted by atomic mass is 35.5. The smallest absolute Gasteiger partial charge is 0.340 e. The molecule has 0 aliphatic carbocycles. The van der Waals surface area contributed by atoms with Crippen LogP contribution in [0.25, 0.3) is 0 Å². The number of ether oxygens (including phenoxy) is 1. The lowest BCUT2D eigenvalue weighted by atomic mass is 10.1. The molecule has 0 fully saturated rings. The van der Waals surface area contributed by atoms with Gasteiger partial charge in [0.25, 0.3) is 5.91 Å². The number of hydrogen-bond acceptors (Lipinski definition) is 3. The first-order chi connectivity index (χ1) is 11.9. The first-order valence-electron chi connectivity index (χ1n) is 7.55. The second-order valence-corrected chi connectivity index (χ2v) is 5.75. The Hall–Kier alpha value is -2.47. The second kappa shape index (κ2) is 8.58. The first-order valence-corrected chi connectivity index (χ1v) is 7.93. The molecule has 0 aromatic heterocycles. The summed E-state index contributed by atoms with van der Waals surface area (Å²) in [6.07, 6.45) is -0.530. The summed E-state index contributed by atoms with van der Waals surface area (Å²) in [7, 11) is 0. The lowest BCUT2D eigenvalue weighted by Gasteiger charge is -2.14. The maximum atomic E-state index is 13.0. The molecule has 0 aliphatic rings. The van der Waals surface area contributed by atoms with Gasteiger partial charge in [-0.2, -0.15) is 0 Å². The van der Waals surface area contributed by atoms with Gasteiger partial charge in [0.15, 0.2) is 6.10 Å². The summed E-state index contributed by atoms with van der Waals surface area (Å²) < 4.78 is 30.8. The van der Waals surface area contributed by atoms with Crippen molar-refractivity contribution in [3.05, 3.63) is 70.2 Å². The standard InChI is InChI=1S/C18H16ClF2NO3/c1-11(25-18(24)15-7-6-14(21)10-16(15)19)17(23)22-9-8-12-2-4-13(20)5-3-12/h2-7,10-11H,8-9H2,1H3,(H,22,23)/t11-/m0/s1. The van der Waals surface area contributed by atoms with Gasteiger partial charge in [-0.15, -0.1) is 0 Å². The van der Waals surface area contributed by atoms with Crippen molar-refractivity contribution < 1.29 is 23.1 Å². The Morgan fingerprint density at radius 3 is 2.40 bits per heavy atom. The minimum absolute atomic E-state index is 0.0194. The van der Waals surface area contributed by atoms with E-state index in [9.17, 15) is 18.4 Å². The third kappa shape index (κ3) is 5.53. The van der Waals surface area contributed by atoms with Crippen molar-refractivity contribution in [1.29, 1.82) is 0 Å². The molecular weight excluding hydrogens is 352 g/mol. The topological polar surface area (TPSA) is 55.4 Å². The highest BCUT2D eigenvalue weighted by Crippen LogP contribution is 2.18. The van der Waals surface area contributed by atoms with Crippen LogP contribution in [0, 0.1) is 11.6 Å². The number of amides is 1. The molecule has 2 aromatic carbocycles. The van der Waals surface area contributed by atoms with Crippen LogP contribution in [0.1, 0.15) is 22.8 Å². The Morgan fingerprint density at radius 2 is 1.76 bits per heavy atom. The zero-order valence-corrected chi connectivity index (χ0v) is 14.1. The number of rotatable bonds is 6. The maximum Gasteiger partial charge on any atom is 0.340 e. The molecule has 4 nitrogen and oxygen atoms in total. The summed E-state index contributed by atoms with van der Waals surface area (Å²) >= 11 is 5.78. The molecule has 0 saturated carbocycles. The van der Waals surface area contributed by atoms with Gasteiger partial charge in [0, 0.05) is 6.54 Å². The van der Waals surface area contributed by atoms with Crippen LogP contribution in [0.3, 0.4) is 0 Å². The highest BCUT2D eigenvalue weighted by Gasteiger charge is 2.20. The zero-order chi connectivity index (χ0) is 18.4. The van der Waals surface area contributed by atoms with E-state index in [1.165, 1.54) is 25.1 Å². The first kappa shape index (κ1) is 18.9. The molecule has 1 atom stereocenters. The van der Waals surface area contributed by atoms with Crippen LogP contribution in [-0.4, -0.2) is 24.5 Å². The SMILES string of the molecule is C[C@H](OC(=O)c1ccc(F)cc1Cl)C(=O)NCCc1ccc(F)cc1. The van der Waals surface area contributed by atoms with Crippen molar-refractivity contribution in [3.63, 3.8) is 0 Å².